The summed E-state index contributed by atoms with van der Waals surface area (Å²) >= 11 is 0. The van der Waals surface area contributed by atoms with E-state index in [1.165, 1.54) is 6.42 Å². The Labute approximate surface area is 107 Å². The van der Waals surface area contributed by atoms with Crippen LogP contribution in [0.25, 0.3) is 0 Å². The zero-order valence-electron chi connectivity index (χ0n) is 10.4. The molecule has 0 aliphatic heterocycles. The van der Waals surface area contributed by atoms with Gasteiger partial charge < -0.3 is 10.8 Å². The standard InChI is InChI=1S/C15H19NO2/c16-15-11-5-4-10(8-11)14(15)13(18)7-9-2-1-3-12(17)6-9/h1-3,6,10-11,14-15,17H,4-5,7-8,16H2. The average molecular weight is 245 g/mol. The number of carbonyl (C=O) groups is 1. The molecule has 3 rings (SSSR count). The van der Waals surface area contributed by atoms with Crippen molar-refractivity contribution in [1.82, 2.24) is 0 Å². The predicted molar refractivity (Wildman–Crippen MR) is 69.1 cm³/mol. The summed E-state index contributed by atoms with van der Waals surface area (Å²) in [4.78, 5) is 12.4. The van der Waals surface area contributed by atoms with Crippen LogP contribution >= 0.6 is 0 Å². The van der Waals surface area contributed by atoms with Gasteiger partial charge in [0.1, 0.15) is 11.5 Å². The Balaban J connectivity index is 1.72. The van der Waals surface area contributed by atoms with Crippen molar-refractivity contribution in [2.24, 2.45) is 23.5 Å². The van der Waals surface area contributed by atoms with Crippen LogP contribution in [-0.2, 0) is 11.2 Å². The van der Waals surface area contributed by atoms with Crippen molar-refractivity contribution in [3.05, 3.63) is 29.8 Å². The smallest absolute Gasteiger partial charge is 0.142 e. The van der Waals surface area contributed by atoms with Gasteiger partial charge in [0.05, 0.1) is 0 Å². The van der Waals surface area contributed by atoms with Gasteiger partial charge in [0.25, 0.3) is 0 Å². The molecule has 1 aromatic rings. The Kier molecular flexibility index (Phi) is 2.86. The number of phenols is 1. The van der Waals surface area contributed by atoms with Gasteiger partial charge in [-0.05, 0) is 48.8 Å². The summed E-state index contributed by atoms with van der Waals surface area (Å²) < 4.78 is 0. The molecule has 4 unspecified atom stereocenters. The van der Waals surface area contributed by atoms with Crippen LogP contribution in [0.4, 0.5) is 0 Å². The van der Waals surface area contributed by atoms with Gasteiger partial charge in [-0.3, -0.25) is 4.79 Å². The predicted octanol–water partition coefficient (Wildman–Crippen LogP) is 1.88. The van der Waals surface area contributed by atoms with Crippen LogP contribution in [0.2, 0.25) is 0 Å². The molecule has 0 amide bonds. The second-order valence-corrected chi connectivity index (χ2v) is 5.75. The Morgan fingerprint density at radius 2 is 2.11 bits per heavy atom. The molecule has 2 fully saturated rings. The first-order chi connectivity index (χ1) is 8.65. The fourth-order valence-electron chi connectivity index (χ4n) is 3.80. The van der Waals surface area contributed by atoms with E-state index in [-0.39, 0.29) is 23.5 Å². The van der Waals surface area contributed by atoms with Crippen LogP contribution in [-0.4, -0.2) is 16.9 Å². The van der Waals surface area contributed by atoms with Crippen molar-refractivity contribution < 1.29 is 9.90 Å². The maximum Gasteiger partial charge on any atom is 0.142 e. The van der Waals surface area contributed by atoms with E-state index in [1.54, 1.807) is 18.2 Å². The number of hydrogen-bond donors (Lipinski definition) is 2. The highest BCUT2D eigenvalue weighted by Gasteiger charge is 2.48. The van der Waals surface area contributed by atoms with Gasteiger partial charge in [-0.25, -0.2) is 0 Å². The van der Waals surface area contributed by atoms with Crippen LogP contribution in [0.3, 0.4) is 0 Å². The SMILES string of the molecule is NC1C2CCC(C2)C1C(=O)Cc1cccc(O)c1. The summed E-state index contributed by atoms with van der Waals surface area (Å²) in [6.07, 6.45) is 3.89. The lowest BCUT2D eigenvalue weighted by atomic mass is 9.80. The van der Waals surface area contributed by atoms with E-state index in [9.17, 15) is 9.90 Å². The van der Waals surface area contributed by atoms with E-state index in [2.05, 4.69) is 0 Å². The molecule has 2 saturated carbocycles. The second-order valence-electron chi connectivity index (χ2n) is 5.75. The minimum atomic E-state index is 0.0473. The minimum Gasteiger partial charge on any atom is -0.508 e. The minimum absolute atomic E-state index is 0.0473. The van der Waals surface area contributed by atoms with Gasteiger partial charge in [0.15, 0.2) is 0 Å². The lowest BCUT2D eigenvalue weighted by molar-refractivity contribution is -0.124. The molecule has 96 valence electrons. The summed E-state index contributed by atoms with van der Waals surface area (Å²) in [5.41, 5.74) is 7.06. The Morgan fingerprint density at radius 3 is 2.78 bits per heavy atom. The normalized spacial score (nSPS) is 33.8. The van der Waals surface area contributed by atoms with Gasteiger partial charge >= 0.3 is 0 Å². The monoisotopic (exact) mass is 245 g/mol. The van der Waals surface area contributed by atoms with Crippen molar-refractivity contribution in [2.45, 2.75) is 31.7 Å². The van der Waals surface area contributed by atoms with Gasteiger partial charge in [0.2, 0.25) is 0 Å². The van der Waals surface area contributed by atoms with E-state index in [1.807, 2.05) is 6.07 Å². The summed E-state index contributed by atoms with van der Waals surface area (Å²) in [6.45, 7) is 0. The van der Waals surface area contributed by atoms with Crippen LogP contribution < -0.4 is 5.73 Å². The molecule has 0 spiro atoms. The Morgan fingerprint density at radius 1 is 1.33 bits per heavy atom. The molecular formula is C15H19NO2. The zero-order chi connectivity index (χ0) is 12.7. The largest absolute Gasteiger partial charge is 0.508 e. The molecule has 0 radical (unpaired) electrons. The van der Waals surface area contributed by atoms with Crippen LogP contribution in [0.1, 0.15) is 24.8 Å². The third kappa shape index (κ3) is 1.93. The Bertz CT molecular complexity index is 469. The van der Waals surface area contributed by atoms with Crippen molar-refractivity contribution in [3.63, 3.8) is 0 Å². The highest BCUT2D eigenvalue weighted by Crippen LogP contribution is 2.48. The highest BCUT2D eigenvalue weighted by molar-refractivity contribution is 5.84. The number of carbonyl (C=O) groups excluding carboxylic acids is 1. The molecule has 3 nitrogen and oxygen atoms in total. The van der Waals surface area contributed by atoms with E-state index < -0.39 is 0 Å². The number of ketones is 1. The van der Waals surface area contributed by atoms with Crippen molar-refractivity contribution in [2.75, 3.05) is 0 Å². The van der Waals surface area contributed by atoms with Gasteiger partial charge in [0, 0.05) is 18.4 Å². The fraction of sp³-hybridized carbons (Fsp3) is 0.533. The summed E-state index contributed by atoms with van der Waals surface area (Å²) in [5, 5.41) is 9.41. The molecule has 2 aliphatic carbocycles. The fourth-order valence-corrected chi connectivity index (χ4v) is 3.80. The van der Waals surface area contributed by atoms with Crippen LogP contribution in [0.15, 0.2) is 24.3 Å². The number of rotatable bonds is 3. The lowest BCUT2D eigenvalue weighted by Crippen LogP contribution is -2.40. The topological polar surface area (TPSA) is 63.3 Å². The van der Waals surface area contributed by atoms with E-state index in [4.69, 9.17) is 5.73 Å². The molecule has 4 atom stereocenters. The molecule has 1 aromatic carbocycles. The van der Waals surface area contributed by atoms with Crippen LogP contribution in [0.5, 0.6) is 5.75 Å². The van der Waals surface area contributed by atoms with E-state index >= 15 is 0 Å². The highest BCUT2D eigenvalue weighted by atomic mass is 16.3. The zero-order valence-corrected chi connectivity index (χ0v) is 10.4. The quantitative estimate of drug-likeness (QED) is 0.854. The number of benzene rings is 1. The third-order valence-electron chi connectivity index (χ3n) is 4.64. The number of aromatic hydroxyl groups is 1. The summed E-state index contributed by atoms with van der Waals surface area (Å²) in [7, 11) is 0. The molecule has 0 aromatic heterocycles. The number of hydrogen-bond acceptors (Lipinski definition) is 3. The molecular weight excluding hydrogens is 226 g/mol. The van der Waals surface area contributed by atoms with E-state index in [0.29, 0.717) is 18.3 Å². The van der Waals surface area contributed by atoms with Crippen molar-refractivity contribution in [3.8, 4) is 5.75 Å². The van der Waals surface area contributed by atoms with Crippen LogP contribution in [0, 0.1) is 17.8 Å². The molecule has 18 heavy (non-hydrogen) atoms. The van der Waals surface area contributed by atoms with Gasteiger partial charge in [-0.2, -0.15) is 0 Å². The third-order valence-corrected chi connectivity index (χ3v) is 4.64. The second kappa shape index (κ2) is 4.39. The lowest BCUT2D eigenvalue weighted by Gasteiger charge is -2.26. The summed E-state index contributed by atoms with van der Waals surface area (Å²) in [5.74, 6) is 1.59. The molecule has 3 heteroatoms. The molecule has 0 heterocycles. The van der Waals surface area contributed by atoms with Crippen molar-refractivity contribution in [1.29, 1.82) is 0 Å². The van der Waals surface area contributed by atoms with Gasteiger partial charge in [-0.15, -0.1) is 0 Å². The average Bonchev–Trinajstić information content (AvgIpc) is 2.89. The first-order valence-corrected chi connectivity index (χ1v) is 6.71. The maximum atomic E-state index is 12.4. The summed E-state index contributed by atoms with van der Waals surface area (Å²) in [6, 6.07) is 7.01. The number of Topliss-reactive ketones (excluding diaryl/α,β-unsaturated/α-hetero) is 1. The molecule has 2 aliphatic rings. The van der Waals surface area contributed by atoms with Crippen molar-refractivity contribution >= 4 is 5.78 Å². The first kappa shape index (κ1) is 11.7. The maximum absolute atomic E-state index is 12.4. The van der Waals surface area contributed by atoms with E-state index in [0.717, 1.165) is 18.4 Å². The number of nitrogens with two attached hydrogens (primary N) is 1. The first-order valence-electron chi connectivity index (χ1n) is 6.71. The molecule has 3 N–H and O–H groups in total. The van der Waals surface area contributed by atoms with Gasteiger partial charge in [-0.1, -0.05) is 12.1 Å². The number of phenolic OH excluding ortho intramolecular Hbond substituents is 1. The molecule has 0 saturated heterocycles. The Hall–Kier alpha value is -1.35. The molecule has 2 bridgehead atoms. The number of fused-ring (bicyclic) bond motifs is 2.